The van der Waals surface area contributed by atoms with Crippen LogP contribution < -0.4 is 0 Å². The van der Waals surface area contributed by atoms with Crippen molar-refractivity contribution in [3.05, 3.63) is 0 Å². The third kappa shape index (κ3) is 1.43. The van der Waals surface area contributed by atoms with Crippen molar-refractivity contribution in [2.75, 3.05) is 0 Å². The van der Waals surface area contributed by atoms with E-state index in [-0.39, 0.29) is 11.8 Å². The molecule has 2 atom stereocenters. The van der Waals surface area contributed by atoms with Gasteiger partial charge in [-0.05, 0) is 11.8 Å². The molecule has 0 radical (unpaired) electrons. The molecule has 0 N–H and O–H groups in total. The SMILES string of the molecule is CC1CC(F)(F)C(F)(F)CC1C. The maximum absolute atomic E-state index is 12.7. The minimum Gasteiger partial charge on any atom is -0.200 e. The van der Waals surface area contributed by atoms with Crippen LogP contribution in [0.25, 0.3) is 0 Å². The smallest absolute Gasteiger partial charge is 0.200 e. The summed E-state index contributed by atoms with van der Waals surface area (Å²) >= 11 is 0. The van der Waals surface area contributed by atoms with Crippen molar-refractivity contribution in [1.82, 2.24) is 0 Å². The van der Waals surface area contributed by atoms with E-state index in [2.05, 4.69) is 0 Å². The zero-order chi connectivity index (χ0) is 9.57. The summed E-state index contributed by atoms with van der Waals surface area (Å²) in [5.41, 5.74) is 0. The average molecular weight is 184 g/mol. The number of rotatable bonds is 0. The topological polar surface area (TPSA) is 0 Å². The summed E-state index contributed by atoms with van der Waals surface area (Å²) in [6.07, 6.45) is -1.39. The van der Waals surface area contributed by atoms with Crippen LogP contribution in [0.3, 0.4) is 0 Å². The van der Waals surface area contributed by atoms with Crippen molar-refractivity contribution < 1.29 is 17.6 Å². The van der Waals surface area contributed by atoms with E-state index in [0.29, 0.717) is 0 Å². The maximum Gasteiger partial charge on any atom is 0.310 e. The molecule has 1 rings (SSSR count). The molecule has 72 valence electrons. The summed E-state index contributed by atoms with van der Waals surface area (Å²) in [6.45, 7) is 3.18. The number of halogens is 4. The second-order valence-electron chi connectivity index (χ2n) is 3.77. The van der Waals surface area contributed by atoms with Gasteiger partial charge in [0.2, 0.25) is 0 Å². The fraction of sp³-hybridized carbons (Fsp3) is 1.00. The van der Waals surface area contributed by atoms with E-state index in [1.165, 1.54) is 0 Å². The van der Waals surface area contributed by atoms with Crippen LogP contribution in [0.15, 0.2) is 0 Å². The Kier molecular flexibility index (Phi) is 2.13. The molecule has 0 aromatic rings. The van der Waals surface area contributed by atoms with Crippen molar-refractivity contribution in [2.24, 2.45) is 11.8 Å². The Bertz CT molecular complexity index is 156. The molecule has 0 heterocycles. The Balaban J connectivity index is 2.80. The first-order valence-electron chi connectivity index (χ1n) is 4.02. The van der Waals surface area contributed by atoms with Gasteiger partial charge in [-0.2, -0.15) is 17.6 Å². The average Bonchev–Trinajstić information content (AvgIpc) is 1.82. The molecule has 0 aromatic heterocycles. The van der Waals surface area contributed by atoms with Crippen LogP contribution in [0.1, 0.15) is 26.7 Å². The first-order valence-corrected chi connectivity index (χ1v) is 4.02. The van der Waals surface area contributed by atoms with E-state index < -0.39 is 24.7 Å². The van der Waals surface area contributed by atoms with Crippen LogP contribution in [-0.4, -0.2) is 11.8 Å². The summed E-state index contributed by atoms with van der Waals surface area (Å²) < 4.78 is 50.6. The van der Waals surface area contributed by atoms with Gasteiger partial charge in [0, 0.05) is 12.8 Å². The van der Waals surface area contributed by atoms with Gasteiger partial charge < -0.3 is 0 Å². The van der Waals surface area contributed by atoms with Crippen molar-refractivity contribution >= 4 is 0 Å². The number of hydrogen-bond acceptors (Lipinski definition) is 0. The molecule has 0 amide bonds. The number of hydrogen-bond donors (Lipinski definition) is 0. The molecule has 0 bridgehead atoms. The lowest BCUT2D eigenvalue weighted by molar-refractivity contribution is -0.246. The van der Waals surface area contributed by atoms with Crippen LogP contribution in [0.5, 0.6) is 0 Å². The Morgan fingerprint density at radius 3 is 1.33 bits per heavy atom. The van der Waals surface area contributed by atoms with Crippen molar-refractivity contribution in [1.29, 1.82) is 0 Å². The van der Waals surface area contributed by atoms with Crippen LogP contribution >= 0.6 is 0 Å². The van der Waals surface area contributed by atoms with Gasteiger partial charge >= 0.3 is 11.8 Å². The third-order valence-corrected chi connectivity index (χ3v) is 2.66. The van der Waals surface area contributed by atoms with Gasteiger partial charge in [-0.3, -0.25) is 0 Å². The Hall–Kier alpha value is -0.280. The maximum atomic E-state index is 12.7. The van der Waals surface area contributed by atoms with Crippen molar-refractivity contribution in [2.45, 2.75) is 38.5 Å². The highest BCUT2D eigenvalue weighted by Crippen LogP contribution is 2.49. The fourth-order valence-corrected chi connectivity index (χ4v) is 1.51. The largest absolute Gasteiger partial charge is 0.310 e. The number of alkyl halides is 4. The van der Waals surface area contributed by atoms with E-state index in [0.717, 1.165) is 0 Å². The predicted molar refractivity (Wildman–Crippen MR) is 37.5 cm³/mol. The minimum atomic E-state index is -3.81. The highest BCUT2D eigenvalue weighted by molar-refractivity contribution is 4.93. The first-order chi connectivity index (χ1) is 5.26. The second-order valence-corrected chi connectivity index (χ2v) is 3.77. The zero-order valence-electron chi connectivity index (χ0n) is 7.08. The lowest BCUT2D eigenvalue weighted by Crippen LogP contribution is -2.48. The Morgan fingerprint density at radius 2 is 1.08 bits per heavy atom. The molecule has 1 aliphatic carbocycles. The molecular weight excluding hydrogens is 172 g/mol. The van der Waals surface area contributed by atoms with Gasteiger partial charge in [0.1, 0.15) is 0 Å². The zero-order valence-corrected chi connectivity index (χ0v) is 7.08. The molecule has 4 heteroatoms. The third-order valence-electron chi connectivity index (χ3n) is 2.66. The lowest BCUT2D eigenvalue weighted by atomic mass is 9.77. The summed E-state index contributed by atoms with van der Waals surface area (Å²) in [6, 6.07) is 0. The monoisotopic (exact) mass is 184 g/mol. The van der Waals surface area contributed by atoms with E-state index >= 15 is 0 Å². The standard InChI is InChI=1S/C8H12F4/c1-5-3-7(9,10)8(11,12)4-6(5)2/h5-6H,3-4H2,1-2H3. The summed E-state index contributed by atoms with van der Waals surface area (Å²) in [7, 11) is 0. The molecule has 0 nitrogen and oxygen atoms in total. The molecule has 0 saturated heterocycles. The fourth-order valence-electron chi connectivity index (χ4n) is 1.51. The highest BCUT2D eigenvalue weighted by Gasteiger charge is 2.60. The Morgan fingerprint density at radius 1 is 0.833 bits per heavy atom. The van der Waals surface area contributed by atoms with E-state index in [1.807, 2.05) is 0 Å². The molecule has 1 fully saturated rings. The molecule has 2 unspecified atom stereocenters. The van der Waals surface area contributed by atoms with Crippen LogP contribution in [0.4, 0.5) is 17.6 Å². The Labute approximate surface area is 69.0 Å². The molecule has 0 aliphatic heterocycles. The van der Waals surface area contributed by atoms with Crippen LogP contribution in [0, 0.1) is 11.8 Å². The van der Waals surface area contributed by atoms with Crippen molar-refractivity contribution in [3.63, 3.8) is 0 Å². The molecule has 12 heavy (non-hydrogen) atoms. The normalized spacial score (nSPS) is 39.5. The van der Waals surface area contributed by atoms with Gasteiger partial charge in [0.25, 0.3) is 0 Å². The van der Waals surface area contributed by atoms with Crippen LogP contribution in [-0.2, 0) is 0 Å². The van der Waals surface area contributed by atoms with Gasteiger partial charge in [0.15, 0.2) is 0 Å². The minimum absolute atomic E-state index is 0.320. The summed E-state index contributed by atoms with van der Waals surface area (Å²) in [4.78, 5) is 0. The molecule has 0 spiro atoms. The molecular formula is C8H12F4. The second kappa shape index (κ2) is 2.60. The summed E-state index contributed by atoms with van der Waals surface area (Å²) in [5, 5.41) is 0. The van der Waals surface area contributed by atoms with Crippen LogP contribution in [0.2, 0.25) is 0 Å². The van der Waals surface area contributed by atoms with Gasteiger partial charge in [-0.25, -0.2) is 0 Å². The molecule has 1 aliphatic rings. The molecule has 0 aromatic carbocycles. The first kappa shape index (κ1) is 9.81. The van der Waals surface area contributed by atoms with E-state index in [4.69, 9.17) is 0 Å². The van der Waals surface area contributed by atoms with Gasteiger partial charge in [-0.1, -0.05) is 13.8 Å². The van der Waals surface area contributed by atoms with Gasteiger partial charge in [0.05, 0.1) is 0 Å². The lowest BCUT2D eigenvalue weighted by Gasteiger charge is -2.38. The van der Waals surface area contributed by atoms with Gasteiger partial charge in [-0.15, -0.1) is 0 Å². The van der Waals surface area contributed by atoms with Crippen molar-refractivity contribution in [3.8, 4) is 0 Å². The molecule has 1 saturated carbocycles. The van der Waals surface area contributed by atoms with E-state index in [9.17, 15) is 17.6 Å². The summed E-state index contributed by atoms with van der Waals surface area (Å²) in [5.74, 6) is -8.25. The quantitative estimate of drug-likeness (QED) is 0.506. The van der Waals surface area contributed by atoms with E-state index in [1.54, 1.807) is 13.8 Å². The predicted octanol–water partition coefficient (Wildman–Crippen LogP) is 3.32. The highest BCUT2D eigenvalue weighted by atomic mass is 19.3.